The van der Waals surface area contributed by atoms with Crippen LogP contribution in [-0.4, -0.2) is 14.1 Å². The molecule has 3 heteroatoms. The number of hydrogen-bond donors (Lipinski definition) is 0. The number of nitrogens with zero attached hydrogens (tertiary/aromatic N) is 3. The molecule has 3 heterocycles. The Hall–Kier alpha value is -5.15. The molecule has 0 radical (unpaired) electrons. The van der Waals surface area contributed by atoms with E-state index < -0.39 is 0 Å². The molecule has 8 rings (SSSR count). The van der Waals surface area contributed by atoms with Crippen molar-refractivity contribution in [2.45, 2.75) is 0 Å². The van der Waals surface area contributed by atoms with Crippen LogP contribution in [0.15, 0.2) is 140 Å². The molecule has 38 heavy (non-hydrogen) atoms. The van der Waals surface area contributed by atoms with Gasteiger partial charge >= 0.3 is 0 Å². The highest BCUT2D eigenvalue weighted by Crippen LogP contribution is 2.42. The number of benzene rings is 5. The fourth-order valence-electron chi connectivity index (χ4n) is 5.97. The second-order valence-corrected chi connectivity index (χ2v) is 9.68. The van der Waals surface area contributed by atoms with Crippen LogP contribution in [0.2, 0.25) is 0 Å². The van der Waals surface area contributed by atoms with E-state index in [1.165, 1.54) is 54.7 Å². The molecule has 0 saturated carbocycles. The molecular weight excluding hydrogens is 462 g/mol. The summed E-state index contributed by atoms with van der Waals surface area (Å²) in [6.45, 7) is 0. The van der Waals surface area contributed by atoms with Crippen LogP contribution >= 0.6 is 0 Å². The van der Waals surface area contributed by atoms with Gasteiger partial charge < -0.3 is 9.13 Å². The predicted octanol–water partition coefficient (Wildman–Crippen LogP) is 8.94. The van der Waals surface area contributed by atoms with E-state index in [4.69, 9.17) is 0 Å². The van der Waals surface area contributed by atoms with Crippen molar-refractivity contribution >= 4 is 43.6 Å². The summed E-state index contributed by atoms with van der Waals surface area (Å²) < 4.78 is 4.82. The average molecular weight is 486 g/mol. The van der Waals surface area contributed by atoms with E-state index in [1.807, 2.05) is 12.4 Å². The molecule has 5 aromatic carbocycles. The van der Waals surface area contributed by atoms with Crippen LogP contribution in [0.5, 0.6) is 0 Å². The monoisotopic (exact) mass is 485 g/mol. The Morgan fingerprint density at radius 3 is 1.71 bits per heavy atom. The van der Waals surface area contributed by atoms with Gasteiger partial charge in [-0.2, -0.15) is 0 Å². The molecule has 178 valence electrons. The lowest BCUT2D eigenvalue weighted by Crippen LogP contribution is -1.98. The molecule has 0 aliphatic carbocycles. The van der Waals surface area contributed by atoms with E-state index in [9.17, 15) is 0 Å². The normalized spacial score (nSPS) is 11.7. The van der Waals surface area contributed by atoms with Gasteiger partial charge in [-0.25, -0.2) is 0 Å². The summed E-state index contributed by atoms with van der Waals surface area (Å²) in [6, 6.07) is 45.6. The van der Waals surface area contributed by atoms with Gasteiger partial charge in [0.1, 0.15) is 0 Å². The Morgan fingerprint density at radius 1 is 0.395 bits per heavy atom. The van der Waals surface area contributed by atoms with Crippen LogP contribution in [0, 0.1) is 0 Å². The molecule has 8 aromatic rings. The first-order chi connectivity index (χ1) is 18.9. The van der Waals surface area contributed by atoms with E-state index in [0.717, 1.165) is 11.4 Å². The van der Waals surface area contributed by atoms with Crippen molar-refractivity contribution in [2.75, 3.05) is 0 Å². The Bertz CT molecular complexity index is 2100. The fraction of sp³-hybridized carbons (Fsp3) is 0. The Labute approximate surface area is 219 Å². The van der Waals surface area contributed by atoms with Gasteiger partial charge in [-0.05, 0) is 53.6 Å². The van der Waals surface area contributed by atoms with Crippen molar-refractivity contribution in [3.05, 3.63) is 140 Å². The highest BCUT2D eigenvalue weighted by atomic mass is 15.0. The van der Waals surface area contributed by atoms with E-state index in [1.54, 1.807) is 0 Å². The van der Waals surface area contributed by atoms with E-state index in [2.05, 4.69) is 142 Å². The van der Waals surface area contributed by atoms with E-state index in [-0.39, 0.29) is 0 Å². The zero-order valence-corrected chi connectivity index (χ0v) is 20.6. The minimum absolute atomic E-state index is 1.11. The minimum Gasteiger partial charge on any atom is -0.307 e. The van der Waals surface area contributed by atoms with Gasteiger partial charge in [0, 0.05) is 45.3 Å². The summed E-state index contributed by atoms with van der Waals surface area (Å²) >= 11 is 0. The van der Waals surface area contributed by atoms with Crippen LogP contribution in [0.3, 0.4) is 0 Å². The molecule has 0 spiro atoms. The molecule has 0 aliphatic rings. The molecule has 0 N–H and O–H groups in total. The van der Waals surface area contributed by atoms with Gasteiger partial charge in [-0.3, -0.25) is 4.98 Å². The van der Waals surface area contributed by atoms with Gasteiger partial charge in [0.25, 0.3) is 0 Å². The first-order valence-corrected chi connectivity index (χ1v) is 12.9. The van der Waals surface area contributed by atoms with E-state index in [0.29, 0.717) is 0 Å². The molecule has 0 unspecified atom stereocenters. The quantitative estimate of drug-likeness (QED) is 0.245. The third-order valence-electron chi connectivity index (χ3n) is 7.60. The van der Waals surface area contributed by atoms with Crippen molar-refractivity contribution in [3.63, 3.8) is 0 Å². The highest BCUT2D eigenvalue weighted by Gasteiger charge is 2.21. The molecule has 3 nitrogen and oxygen atoms in total. The Morgan fingerprint density at radius 2 is 0.974 bits per heavy atom. The number of hydrogen-bond acceptors (Lipinski definition) is 1. The van der Waals surface area contributed by atoms with Crippen molar-refractivity contribution in [1.29, 1.82) is 0 Å². The van der Waals surface area contributed by atoms with Crippen molar-refractivity contribution in [1.82, 2.24) is 14.1 Å². The number of aromatic nitrogens is 3. The zero-order chi connectivity index (χ0) is 25.1. The third-order valence-corrected chi connectivity index (χ3v) is 7.60. The summed E-state index contributed by atoms with van der Waals surface area (Å²) in [5.74, 6) is 0. The summed E-state index contributed by atoms with van der Waals surface area (Å²) in [7, 11) is 0. The fourth-order valence-corrected chi connectivity index (χ4v) is 5.97. The zero-order valence-electron chi connectivity index (χ0n) is 20.6. The lowest BCUT2D eigenvalue weighted by Gasteiger charge is -2.12. The number of para-hydroxylation sites is 2. The molecule has 0 bridgehead atoms. The third kappa shape index (κ3) is 2.99. The number of pyridine rings is 1. The van der Waals surface area contributed by atoms with Crippen LogP contribution in [0.25, 0.3) is 66.1 Å². The average Bonchev–Trinajstić information content (AvgIpc) is 3.51. The van der Waals surface area contributed by atoms with Crippen molar-refractivity contribution < 1.29 is 0 Å². The predicted molar refractivity (Wildman–Crippen MR) is 158 cm³/mol. The Kier molecular flexibility index (Phi) is 4.52. The SMILES string of the molecule is c1ccc(-c2ccc3c(c2)c2ccc4c5ccccc5n(-c5ccncc5)c4c2n3-c2ccccc2)cc1. The molecule has 3 aromatic heterocycles. The minimum atomic E-state index is 1.11. The smallest absolute Gasteiger partial charge is 0.0788 e. The topological polar surface area (TPSA) is 22.8 Å². The summed E-state index contributed by atoms with van der Waals surface area (Å²) in [4.78, 5) is 4.30. The molecule has 0 fully saturated rings. The van der Waals surface area contributed by atoms with Gasteiger partial charge in [0.15, 0.2) is 0 Å². The molecular formula is C35H23N3. The van der Waals surface area contributed by atoms with Gasteiger partial charge in [-0.1, -0.05) is 84.9 Å². The maximum absolute atomic E-state index is 4.30. The lowest BCUT2D eigenvalue weighted by molar-refractivity contribution is 1.14. The van der Waals surface area contributed by atoms with Crippen molar-refractivity contribution in [2.24, 2.45) is 0 Å². The number of fused-ring (bicyclic) bond motifs is 7. The second-order valence-electron chi connectivity index (χ2n) is 9.68. The number of rotatable bonds is 3. The van der Waals surface area contributed by atoms with Crippen molar-refractivity contribution in [3.8, 4) is 22.5 Å². The van der Waals surface area contributed by atoms with E-state index >= 15 is 0 Å². The Balaban J connectivity index is 1.60. The maximum Gasteiger partial charge on any atom is 0.0788 e. The van der Waals surface area contributed by atoms with Crippen LogP contribution in [-0.2, 0) is 0 Å². The first kappa shape index (κ1) is 21.0. The van der Waals surface area contributed by atoms with Gasteiger partial charge in [-0.15, -0.1) is 0 Å². The molecule has 0 amide bonds. The van der Waals surface area contributed by atoms with Gasteiger partial charge in [0.2, 0.25) is 0 Å². The summed E-state index contributed by atoms with van der Waals surface area (Å²) in [5.41, 5.74) is 9.51. The second kappa shape index (κ2) is 8.19. The van der Waals surface area contributed by atoms with Crippen LogP contribution < -0.4 is 0 Å². The summed E-state index contributed by atoms with van der Waals surface area (Å²) in [5, 5.41) is 4.98. The molecule has 0 atom stereocenters. The van der Waals surface area contributed by atoms with Crippen LogP contribution in [0.4, 0.5) is 0 Å². The molecule has 0 aliphatic heterocycles. The molecule has 0 saturated heterocycles. The summed E-state index contributed by atoms with van der Waals surface area (Å²) in [6.07, 6.45) is 3.74. The lowest BCUT2D eigenvalue weighted by atomic mass is 10.0. The van der Waals surface area contributed by atoms with Crippen LogP contribution in [0.1, 0.15) is 0 Å². The van der Waals surface area contributed by atoms with Gasteiger partial charge in [0.05, 0.1) is 22.1 Å². The maximum atomic E-state index is 4.30. The highest BCUT2D eigenvalue weighted by molar-refractivity contribution is 6.24. The standard InChI is InChI=1S/C35H23N3/c1-3-9-24(10-4-1)25-15-18-33-31(23-25)30-17-16-29-28-13-7-8-14-32(28)38(27-19-21-36-22-20-27)34(29)35(30)37(33)26-11-5-2-6-12-26/h1-23H. The largest absolute Gasteiger partial charge is 0.307 e. The first-order valence-electron chi connectivity index (χ1n) is 12.9.